The number of hydrogen-bond acceptors (Lipinski definition) is 1. The number of ether oxygens (including phenoxy) is 1. The van der Waals surface area contributed by atoms with E-state index in [1.165, 1.54) is 22.8 Å². The molecule has 0 saturated carbocycles. The Balaban J connectivity index is 1.51. The van der Waals surface area contributed by atoms with Crippen LogP contribution in [0.1, 0.15) is 29.5 Å². The van der Waals surface area contributed by atoms with Crippen molar-refractivity contribution in [3.63, 3.8) is 0 Å². The van der Waals surface area contributed by atoms with Crippen molar-refractivity contribution in [3.05, 3.63) is 120 Å². The standard InChI is InChI=1S/C28H25FO/c1-20-8-5-12-25(16-20)30-26-13-6-9-22(18-26)17-21(2)23-10-7-11-24(19-23)27-14-3-4-15-28(27)29/h3-16,18-19,21H,17H2,1-2H3. The van der Waals surface area contributed by atoms with Gasteiger partial charge in [0.15, 0.2) is 0 Å². The van der Waals surface area contributed by atoms with Gasteiger partial charge in [0.25, 0.3) is 0 Å². The van der Waals surface area contributed by atoms with Gasteiger partial charge in [-0.05, 0) is 71.8 Å². The smallest absolute Gasteiger partial charge is 0.131 e. The second-order valence-corrected chi connectivity index (χ2v) is 7.78. The van der Waals surface area contributed by atoms with Gasteiger partial charge < -0.3 is 4.74 Å². The molecule has 1 atom stereocenters. The molecule has 4 rings (SSSR count). The Morgan fingerprint density at radius 3 is 2.30 bits per heavy atom. The molecule has 4 aromatic rings. The van der Waals surface area contributed by atoms with Crippen molar-refractivity contribution in [2.24, 2.45) is 0 Å². The van der Waals surface area contributed by atoms with Crippen LogP contribution >= 0.6 is 0 Å². The highest BCUT2D eigenvalue weighted by atomic mass is 19.1. The molecule has 0 spiro atoms. The van der Waals surface area contributed by atoms with Gasteiger partial charge in [0.1, 0.15) is 17.3 Å². The molecule has 0 saturated heterocycles. The first-order valence-electron chi connectivity index (χ1n) is 10.3. The van der Waals surface area contributed by atoms with E-state index in [-0.39, 0.29) is 5.82 Å². The van der Waals surface area contributed by atoms with Crippen LogP contribution in [0.4, 0.5) is 4.39 Å². The molecule has 0 bridgehead atoms. The molecule has 0 fully saturated rings. The van der Waals surface area contributed by atoms with E-state index in [0.29, 0.717) is 11.5 Å². The fraction of sp³-hybridized carbons (Fsp3) is 0.143. The van der Waals surface area contributed by atoms with Gasteiger partial charge in [-0.25, -0.2) is 4.39 Å². The van der Waals surface area contributed by atoms with Crippen molar-refractivity contribution in [1.82, 2.24) is 0 Å². The van der Waals surface area contributed by atoms with E-state index < -0.39 is 0 Å². The van der Waals surface area contributed by atoms with E-state index >= 15 is 0 Å². The predicted molar refractivity (Wildman–Crippen MR) is 122 cm³/mol. The van der Waals surface area contributed by atoms with E-state index in [4.69, 9.17) is 4.74 Å². The molecule has 2 heteroatoms. The zero-order valence-electron chi connectivity index (χ0n) is 17.3. The Labute approximate surface area is 177 Å². The third-order valence-corrected chi connectivity index (χ3v) is 5.31. The second kappa shape index (κ2) is 8.96. The zero-order chi connectivity index (χ0) is 20.9. The summed E-state index contributed by atoms with van der Waals surface area (Å²) in [5.41, 5.74) is 5.13. The van der Waals surface area contributed by atoms with Crippen molar-refractivity contribution >= 4 is 0 Å². The molecule has 30 heavy (non-hydrogen) atoms. The summed E-state index contributed by atoms with van der Waals surface area (Å²) in [5, 5.41) is 0. The molecule has 4 aromatic carbocycles. The summed E-state index contributed by atoms with van der Waals surface area (Å²) in [7, 11) is 0. The zero-order valence-corrected chi connectivity index (χ0v) is 17.3. The van der Waals surface area contributed by atoms with E-state index in [2.05, 4.69) is 44.2 Å². The third-order valence-electron chi connectivity index (χ3n) is 5.31. The molecule has 0 heterocycles. The minimum atomic E-state index is -0.191. The highest BCUT2D eigenvalue weighted by molar-refractivity contribution is 5.65. The van der Waals surface area contributed by atoms with Crippen molar-refractivity contribution in [1.29, 1.82) is 0 Å². The summed E-state index contributed by atoms with van der Waals surface area (Å²) in [5.74, 6) is 1.79. The highest BCUT2D eigenvalue weighted by Gasteiger charge is 2.11. The first-order valence-corrected chi connectivity index (χ1v) is 10.3. The Morgan fingerprint density at radius 2 is 1.50 bits per heavy atom. The predicted octanol–water partition coefficient (Wildman–Crippen LogP) is 7.94. The summed E-state index contributed by atoms with van der Waals surface area (Å²) in [4.78, 5) is 0. The van der Waals surface area contributed by atoms with Crippen LogP contribution in [-0.4, -0.2) is 0 Å². The van der Waals surface area contributed by atoms with Crippen LogP contribution in [0.3, 0.4) is 0 Å². The molecule has 1 nitrogen and oxygen atoms in total. The molecule has 0 N–H and O–H groups in total. The Kier molecular flexibility index (Phi) is 5.94. The number of rotatable bonds is 6. The van der Waals surface area contributed by atoms with Crippen LogP contribution in [0, 0.1) is 12.7 Å². The van der Waals surface area contributed by atoms with Gasteiger partial charge in [-0.15, -0.1) is 0 Å². The van der Waals surface area contributed by atoms with Gasteiger partial charge in [0.2, 0.25) is 0 Å². The monoisotopic (exact) mass is 396 g/mol. The maximum absolute atomic E-state index is 14.2. The van der Waals surface area contributed by atoms with Gasteiger partial charge in [-0.2, -0.15) is 0 Å². The topological polar surface area (TPSA) is 9.23 Å². The first kappa shape index (κ1) is 19.9. The van der Waals surface area contributed by atoms with Gasteiger partial charge in [0.05, 0.1) is 0 Å². The van der Waals surface area contributed by atoms with E-state index in [1.54, 1.807) is 6.07 Å². The molecule has 1 unspecified atom stereocenters. The maximum atomic E-state index is 14.2. The average Bonchev–Trinajstić information content (AvgIpc) is 2.74. The molecular formula is C28H25FO. The van der Waals surface area contributed by atoms with Gasteiger partial charge in [0, 0.05) is 5.56 Å². The van der Waals surface area contributed by atoms with Crippen LogP contribution in [0.2, 0.25) is 0 Å². The first-order chi connectivity index (χ1) is 14.6. The number of hydrogen-bond donors (Lipinski definition) is 0. The summed E-state index contributed by atoms with van der Waals surface area (Å²) in [6.45, 7) is 4.26. The lowest BCUT2D eigenvalue weighted by atomic mass is 9.91. The molecule has 0 aromatic heterocycles. The van der Waals surface area contributed by atoms with Gasteiger partial charge in [-0.3, -0.25) is 0 Å². The Hall–Kier alpha value is -3.39. The Morgan fingerprint density at radius 1 is 0.767 bits per heavy atom. The van der Waals surface area contributed by atoms with Gasteiger partial charge in [-0.1, -0.05) is 73.7 Å². The fourth-order valence-electron chi connectivity index (χ4n) is 3.73. The van der Waals surface area contributed by atoms with Crippen LogP contribution < -0.4 is 4.74 Å². The second-order valence-electron chi connectivity index (χ2n) is 7.78. The molecular weight excluding hydrogens is 371 g/mol. The summed E-state index contributed by atoms with van der Waals surface area (Å²) in [6.07, 6.45) is 0.881. The largest absolute Gasteiger partial charge is 0.457 e. The fourth-order valence-corrected chi connectivity index (χ4v) is 3.73. The lowest BCUT2D eigenvalue weighted by Gasteiger charge is -2.15. The Bertz CT molecular complexity index is 1150. The van der Waals surface area contributed by atoms with Gasteiger partial charge >= 0.3 is 0 Å². The van der Waals surface area contributed by atoms with Crippen LogP contribution in [0.5, 0.6) is 11.5 Å². The van der Waals surface area contributed by atoms with Crippen molar-refractivity contribution in [2.45, 2.75) is 26.2 Å². The summed E-state index contributed by atoms with van der Waals surface area (Å²) < 4.78 is 20.2. The molecule has 0 aliphatic carbocycles. The lowest BCUT2D eigenvalue weighted by molar-refractivity contribution is 0.481. The molecule has 150 valence electrons. The van der Waals surface area contributed by atoms with E-state index in [1.807, 2.05) is 54.6 Å². The highest BCUT2D eigenvalue weighted by Crippen LogP contribution is 2.29. The minimum absolute atomic E-state index is 0.191. The normalized spacial score (nSPS) is 11.8. The molecule has 0 amide bonds. The molecule has 0 aliphatic heterocycles. The van der Waals surface area contributed by atoms with Crippen LogP contribution in [-0.2, 0) is 6.42 Å². The van der Waals surface area contributed by atoms with Crippen LogP contribution in [0.25, 0.3) is 11.1 Å². The maximum Gasteiger partial charge on any atom is 0.131 e. The van der Waals surface area contributed by atoms with Crippen molar-refractivity contribution < 1.29 is 9.13 Å². The molecule has 0 aliphatic rings. The van der Waals surface area contributed by atoms with Crippen molar-refractivity contribution in [2.75, 3.05) is 0 Å². The minimum Gasteiger partial charge on any atom is -0.457 e. The van der Waals surface area contributed by atoms with E-state index in [0.717, 1.165) is 23.5 Å². The quantitative estimate of drug-likeness (QED) is 0.321. The number of halogens is 1. The summed E-state index contributed by atoms with van der Waals surface area (Å²) >= 11 is 0. The van der Waals surface area contributed by atoms with Crippen LogP contribution in [0.15, 0.2) is 97.1 Å². The third kappa shape index (κ3) is 4.77. The average molecular weight is 397 g/mol. The van der Waals surface area contributed by atoms with E-state index in [9.17, 15) is 4.39 Å². The lowest BCUT2D eigenvalue weighted by Crippen LogP contribution is -1.99. The molecule has 0 radical (unpaired) electrons. The number of benzene rings is 4. The SMILES string of the molecule is Cc1cccc(Oc2cccc(CC(C)c3cccc(-c4ccccc4F)c3)c2)c1. The summed E-state index contributed by atoms with van der Waals surface area (Å²) in [6, 6.07) is 31.4. The number of aryl methyl sites for hydroxylation is 1. The van der Waals surface area contributed by atoms with Crippen molar-refractivity contribution in [3.8, 4) is 22.6 Å².